The average molecular weight is 324 g/mol. The first-order valence-electron chi connectivity index (χ1n) is 0.563. The van der Waals surface area contributed by atoms with Crippen molar-refractivity contribution in [3.05, 3.63) is 7.43 Å². The maximum Gasteiger partial charge on any atom is 0 e. The Morgan fingerprint density at radius 3 is 2.00 bits per heavy atom. The number of hydrogen-bond acceptors (Lipinski definition) is 0. The molecule has 0 spiro atoms. The molecule has 0 fully saturated rings. The number of halogens is 2. The van der Waals surface area contributed by atoms with E-state index in [1.54, 1.807) is 0 Å². The second-order valence-corrected chi connectivity index (χ2v) is 0. The molecule has 0 amide bonds. The Morgan fingerprint density at radius 2 is 2.00 bits per heavy atom. The van der Waals surface area contributed by atoms with Crippen LogP contribution in [0.5, 0.6) is 0 Å². The fraction of sp³-hybridized carbons (Fsp3) is 0. The van der Waals surface area contributed by atoms with Crippen LogP contribution >= 0.6 is 37.0 Å². The Labute approximate surface area is 62.8 Å². The summed E-state index contributed by atoms with van der Waals surface area (Å²) in [6.07, 6.45) is 0. The molecule has 0 aliphatic rings. The van der Waals surface area contributed by atoms with E-state index in [2.05, 4.69) is 18.6 Å². The second kappa shape index (κ2) is 19.7. The summed E-state index contributed by atoms with van der Waals surface area (Å²) in [4.78, 5) is 0. The molecule has 1 radical (unpaired) electrons. The summed E-state index contributed by atoms with van der Waals surface area (Å²) >= 11 is 1.78. The fourth-order valence-electron chi connectivity index (χ4n) is 0. The molecule has 0 aliphatic carbocycles. The molecule has 0 N–H and O–H groups in total. The van der Waals surface area contributed by atoms with Crippen LogP contribution in [0.2, 0.25) is 0 Å². The van der Waals surface area contributed by atoms with E-state index in [0.29, 0.717) is 0 Å². The molecule has 0 nitrogen and oxygen atoms in total. The van der Waals surface area contributed by atoms with Crippen LogP contribution in [0.15, 0.2) is 0 Å². The van der Waals surface area contributed by atoms with E-state index >= 15 is 0 Å². The molecule has 0 aliphatic heterocycles. The summed E-state index contributed by atoms with van der Waals surface area (Å²) in [6, 6.07) is 0. The molecule has 0 rings (SSSR count). The minimum atomic E-state index is -0.310. The predicted molar refractivity (Wildman–Crippen MR) is 37.2 cm³/mol. The van der Waals surface area contributed by atoms with Gasteiger partial charge in [-0.15, -0.1) is 0 Å². The van der Waals surface area contributed by atoms with Gasteiger partial charge in [0.05, 0.1) is 0 Å². The Morgan fingerprint density at radius 1 is 2.00 bits per heavy atom. The van der Waals surface area contributed by atoms with Crippen molar-refractivity contribution in [2.24, 2.45) is 0 Å². The monoisotopic (exact) mass is 324 g/mol. The summed E-state index contributed by atoms with van der Waals surface area (Å²) in [6.45, 7) is 0. The van der Waals surface area contributed by atoms with E-state index < -0.39 is 0 Å². The van der Waals surface area contributed by atoms with Crippen LogP contribution in [-0.4, -0.2) is 0.594 Å². The fourth-order valence-corrected chi connectivity index (χ4v) is 0. The smallest absolute Gasteiger partial charge is 0 e. The van der Waals surface area contributed by atoms with Crippen LogP contribution in [-0.2, 0) is 18.6 Å². The Hall–Kier alpha value is 2.04. The normalized spacial score (nSPS) is 5.75. The van der Waals surface area contributed by atoms with Gasteiger partial charge in [-0.25, -0.2) is 0 Å². The van der Waals surface area contributed by atoms with Crippen LogP contribution < -0.4 is 0 Å². The SMILES string of the molecule is [3H][IH]I.[CH3-].[V]. The first-order valence-corrected chi connectivity index (χ1v) is 6.94. The summed E-state index contributed by atoms with van der Waals surface area (Å²) in [5.41, 5.74) is 0. The van der Waals surface area contributed by atoms with Crippen molar-refractivity contribution >= 4 is 37.0 Å². The maximum atomic E-state index is 6.32. The van der Waals surface area contributed by atoms with Crippen molar-refractivity contribution in [3.8, 4) is 0 Å². The predicted octanol–water partition coefficient (Wildman–Crippen LogP) is 1.68. The summed E-state index contributed by atoms with van der Waals surface area (Å²) in [7, 11) is 0. The molecule has 29 valence electrons. The molecule has 0 aromatic carbocycles. The van der Waals surface area contributed by atoms with Crippen LogP contribution in [0.4, 0.5) is 0 Å². The van der Waals surface area contributed by atoms with Gasteiger partial charge in [0.25, 0.3) is 0 Å². The van der Waals surface area contributed by atoms with Crippen LogP contribution in [0.3, 0.4) is 0 Å². The third-order valence-corrected chi connectivity index (χ3v) is 0. The van der Waals surface area contributed by atoms with Gasteiger partial charge >= 0.3 is 37.6 Å². The zero-order valence-corrected chi connectivity index (χ0v) is 8.12. The topological polar surface area (TPSA) is 0 Å². The van der Waals surface area contributed by atoms with Crippen molar-refractivity contribution in [3.63, 3.8) is 0 Å². The molecule has 3 heteroatoms. The first kappa shape index (κ1) is 9.40. The van der Waals surface area contributed by atoms with Gasteiger partial charge < -0.3 is 7.43 Å². The summed E-state index contributed by atoms with van der Waals surface area (Å²) in [5, 5.41) is 0. The zero-order chi connectivity index (χ0) is 2.71. The van der Waals surface area contributed by atoms with Crippen molar-refractivity contribution in [1.82, 2.24) is 0 Å². The largest absolute Gasteiger partial charge is 0.358 e. The molecule has 0 bridgehead atoms. The van der Waals surface area contributed by atoms with Gasteiger partial charge in [-0.05, 0) is 0 Å². The number of hydrogen-bond donors (Lipinski definition) is 0. The molecule has 0 heterocycles. The molecular formula is CH5I2V-. The van der Waals surface area contributed by atoms with Crippen LogP contribution in [0, 0.1) is 7.43 Å². The Kier molecular flexibility index (Phi) is 46.4. The van der Waals surface area contributed by atoms with Gasteiger partial charge in [0.2, 0.25) is 0 Å². The molecule has 4 heavy (non-hydrogen) atoms. The van der Waals surface area contributed by atoms with Gasteiger partial charge in [0, 0.05) is 18.6 Å². The quantitative estimate of drug-likeness (QED) is 0.470. The van der Waals surface area contributed by atoms with Crippen LogP contribution in [0.1, 0.15) is 0 Å². The molecular weight excluding hydrogens is 317 g/mol. The van der Waals surface area contributed by atoms with Gasteiger partial charge in [-0.1, -0.05) is 0 Å². The summed E-state index contributed by atoms with van der Waals surface area (Å²) in [5.74, 6) is 0. The van der Waals surface area contributed by atoms with Crippen LogP contribution in [0.25, 0.3) is 0 Å². The van der Waals surface area contributed by atoms with Crippen molar-refractivity contribution < 1.29 is 18.6 Å². The minimum absolute atomic E-state index is 0. The number of rotatable bonds is 0. The maximum absolute atomic E-state index is 6.32. The second-order valence-electron chi connectivity index (χ2n) is 0. The first-order chi connectivity index (χ1) is 1.41. The third-order valence-electron chi connectivity index (χ3n) is 0. The molecule has 0 aromatic heterocycles. The molecule has 0 saturated heterocycles. The molecule has 0 unspecified atom stereocenters. The van der Waals surface area contributed by atoms with E-state index in [4.69, 9.17) is 0.594 Å². The van der Waals surface area contributed by atoms with E-state index in [0.717, 1.165) is 0 Å². The van der Waals surface area contributed by atoms with Crippen molar-refractivity contribution in [2.45, 2.75) is 0 Å². The Balaban J connectivity index is -0.0000000200. The third kappa shape index (κ3) is 8.97. The van der Waals surface area contributed by atoms with E-state index in [9.17, 15) is 0 Å². The van der Waals surface area contributed by atoms with Gasteiger partial charge in [-0.2, -0.15) is 0 Å². The standard InChI is InChI=1S/CH3.H2I2.V/c;1-2;/h1H3;1H2;/q-1;;/i;1T;. The van der Waals surface area contributed by atoms with E-state index in [1.165, 1.54) is 0 Å². The molecule has 0 saturated carbocycles. The molecule has 0 aromatic rings. The Bertz CT molecular complexity index is 9.61. The summed E-state index contributed by atoms with van der Waals surface area (Å²) < 4.78 is 6.32. The van der Waals surface area contributed by atoms with E-state index in [-0.39, 0.29) is 44.4 Å². The zero-order valence-electron chi connectivity index (χ0n) is 3.23. The van der Waals surface area contributed by atoms with Gasteiger partial charge in [0.15, 0.2) is 0 Å². The minimum Gasteiger partial charge on any atom is -0.358 e. The van der Waals surface area contributed by atoms with Crippen molar-refractivity contribution in [2.75, 3.05) is 0 Å². The molecule has 0 atom stereocenters. The average Bonchev–Trinajstić information content (AvgIpc) is 0.918. The van der Waals surface area contributed by atoms with Gasteiger partial charge in [0.1, 0.15) is 0 Å². The van der Waals surface area contributed by atoms with Crippen molar-refractivity contribution in [1.29, 1.82) is 0.594 Å². The van der Waals surface area contributed by atoms with Gasteiger partial charge in [-0.3, -0.25) is 0 Å². The van der Waals surface area contributed by atoms with E-state index in [1.807, 2.05) is 0 Å².